The molecule has 2 heterocycles. The van der Waals surface area contributed by atoms with Crippen molar-refractivity contribution in [3.05, 3.63) is 21.9 Å². The molecule has 1 fully saturated rings. The molecule has 1 aliphatic heterocycles. The molecule has 11 heavy (non-hydrogen) atoms. The van der Waals surface area contributed by atoms with Crippen LogP contribution in [-0.4, -0.2) is 12.3 Å². The molecule has 0 spiro atoms. The Morgan fingerprint density at radius 3 is 3.09 bits per heavy atom. The van der Waals surface area contributed by atoms with Gasteiger partial charge in [-0.25, -0.2) is 0 Å². The highest BCUT2D eigenvalue weighted by Crippen LogP contribution is 2.34. The fourth-order valence-corrected chi connectivity index (χ4v) is 3.54. The Kier molecular flexibility index (Phi) is 2.20. The van der Waals surface area contributed by atoms with Crippen LogP contribution in [0.2, 0.25) is 0 Å². The Labute approximate surface area is 75.2 Å². The lowest BCUT2D eigenvalue weighted by Crippen LogP contribution is -2.11. The third-order valence-electron chi connectivity index (χ3n) is 1.86. The molecule has 60 valence electrons. The second-order valence-corrected chi connectivity index (χ2v) is 4.83. The molecule has 0 bridgehead atoms. The summed E-state index contributed by atoms with van der Waals surface area (Å²) in [5.74, 6) is 1.25. The van der Waals surface area contributed by atoms with Gasteiger partial charge in [0.1, 0.15) is 0 Å². The van der Waals surface area contributed by atoms with Crippen LogP contribution in [0.5, 0.6) is 0 Å². The van der Waals surface area contributed by atoms with Gasteiger partial charge in [0.05, 0.1) is 5.37 Å². The predicted molar refractivity (Wildman–Crippen MR) is 52.3 cm³/mol. The summed E-state index contributed by atoms with van der Waals surface area (Å²) in [5, 5.41) is 6.22. The fraction of sp³-hybridized carbons (Fsp3) is 0.500. The largest absolute Gasteiger partial charge is 0.300 e. The zero-order valence-electron chi connectivity index (χ0n) is 6.46. The average molecular weight is 185 g/mol. The van der Waals surface area contributed by atoms with E-state index in [0.29, 0.717) is 5.37 Å². The second-order valence-electron chi connectivity index (χ2n) is 2.67. The summed E-state index contributed by atoms with van der Waals surface area (Å²) in [5.41, 5.74) is 1.43. The van der Waals surface area contributed by atoms with E-state index < -0.39 is 0 Å². The highest BCUT2D eigenvalue weighted by atomic mass is 32.2. The Bertz CT molecular complexity index is 238. The Balaban J connectivity index is 2.21. The van der Waals surface area contributed by atoms with E-state index in [4.69, 9.17) is 0 Å². The quantitative estimate of drug-likeness (QED) is 0.721. The molecule has 0 saturated carbocycles. The van der Waals surface area contributed by atoms with E-state index >= 15 is 0 Å². The predicted octanol–water partition coefficient (Wildman–Crippen LogP) is 2.39. The van der Waals surface area contributed by atoms with Gasteiger partial charge in [-0.15, -0.1) is 23.1 Å². The zero-order chi connectivity index (χ0) is 7.68. The summed E-state index contributed by atoms with van der Waals surface area (Å²) >= 11 is 3.88. The Morgan fingerprint density at radius 1 is 1.64 bits per heavy atom. The molecule has 0 aromatic carbocycles. The molecule has 1 nitrogen and oxygen atoms in total. The first-order valence-corrected chi connectivity index (χ1v) is 5.70. The molecule has 0 aliphatic carbocycles. The molecule has 0 amide bonds. The molecule has 3 heteroatoms. The van der Waals surface area contributed by atoms with Crippen molar-refractivity contribution in [2.45, 2.75) is 12.3 Å². The number of thioether (sulfide) groups is 1. The van der Waals surface area contributed by atoms with Crippen LogP contribution in [0.4, 0.5) is 0 Å². The van der Waals surface area contributed by atoms with Crippen molar-refractivity contribution in [1.82, 2.24) is 5.32 Å². The van der Waals surface area contributed by atoms with Gasteiger partial charge < -0.3 is 5.32 Å². The molecule has 0 unspecified atom stereocenters. The van der Waals surface area contributed by atoms with E-state index in [1.165, 1.54) is 16.2 Å². The zero-order valence-corrected chi connectivity index (χ0v) is 8.10. The molecule has 1 N–H and O–H groups in total. The minimum Gasteiger partial charge on any atom is -0.300 e. The summed E-state index contributed by atoms with van der Waals surface area (Å²) in [6.45, 7) is 3.35. The average Bonchev–Trinajstić information content (AvgIpc) is 2.55. The van der Waals surface area contributed by atoms with Gasteiger partial charge >= 0.3 is 0 Å². The summed E-state index contributed by atoms with van der Waals surface area (Å²) in [7, 11) is 0. The van der Waals surface area contributed by atoms with Crippen molar-refractivity contribution in [3.63, 3.8) is 0 Å². The van der Waals surface area contributed by atoms with Crippen molar-refractivity contribution < 1.29 is 0 Å². The number of rotatable bonds is 1. The highest BCUT2D eigenvalue weighted by Gasteiger charge is 2.18. The molecular weight excluding hydrogens is 174 g/mol. The second kappa shape index (κ2) is 3.17. The van der Waals surface area contributed by atoms with Gasteiger partial charge in [0.25, 0.3) is 0 Å². The molecule has 1 saturated heterocycles. The van der Waals surface area contributed by atoms with Gasteiger partial charge in [0.15, 0.2) is 0 Å². The Hall–Kier alpha value is 0.01000. The lowest BCUT2D eigenvalue weighted by Gasteiger charge is -2.07. The van der Waals surface area contributed by atoms with Crippen LogP contribution in [0.15, 0.2) is 11.4 Å². The first-order valence-electron chi connectivity index (χ1n) is 3.77. The van der Waals surface area contributed by atoms with Crippen molar-refractivity contribution >= 4 is 23.1 Å². The minimum atomic E-state index is 0.579. The minimum absolute atomic E-state index is 0.579. The molecule has 0 radical (unpaired) electrons. The topological polar surface area (TPSA) is 12.0 Å². The number of hydrogen-bond donors (Lipinski definition) is 1. The first-order chi connectivity index (χ1) is 5.38. The first kappa shape index (κ1) is 7.65. The van der Waals surface area contributed by atoms with Crippen LogP contribution in [-0.2, 0) is 0 Å². The lowest BCUT2D eigenvalue weighted by atomic mass is 10.3. The van der Waals surface area contributed by atoms with E-state index in [-0.39, 0.29) is 0 Å². The van der Waals surface area contributed by atoms with E-state index in [1.54, 1.807) is 0 Å². The van der Waals surface area contributed by atoms with E-state index in [9.17, 15) is 0 Å². The maximum absolute atomic E-state index is 3.47. The van der Waals surface area contributed by atoms with Crippen molar-refractivity contribution in [2.24, 2.45) is 0 Å². The fourth-order valence-electron chi connectivity index (χ4n) is 1.25. The van der Waals surface area contributed by atoms with Gasteiger partial charge in [0.2, 0.25) is 0 Å². The van der Waals surface area contributed by atoms with Gasteiger partial charge in [-0.3, -0.25) is 0 Å². The Morgan fingerprint density at radius 2 is 2.55 bits per heavy atom. The molecule has 1 atom stereocenters. The summed E-state index contributed by atoms with van der Waals surface area (Å²) in [6.07, 6.45) is 0. The molecule has 1 aliphatic rings. The summed E-state index contributed by atoms with van der Waals surface area (Å²) in [6, 6.07) is 2.19. The number of thiophene rings is 1. The van der Waals surface area contributed by atoms with Crippen LogP contribution in [0.1, 0.15) is 15.8 Å². The third kappa shape index (κ3) is 1.45. The molecule has 2 rings (SSSR count). The number of hydrogen-bond acceptors (Lipinski definition) is 3. The van der Waals surface area contributed by atoms with Crippen molar-refractivity contribution in [2.75, 3.05) is 12.3 Å². The number of aryl methyl sites for hydroxylation is 1. The maximum atomic E-state index is 3.47. The smallest absolute Gasteiger partial charge is 0.0886 e. The van der Waals surface area contributed by atoms with Gasteiger partial charge in [0, 0.05) is 17.2 Å². The standard InChI is InChI=1S/C8H11NS2/c1-6-2-4-10-7(6)8-9-3-5-11-8/h2,4,8-9H,3,5H2,1H3/t8-/m0/s1. The van der Waals surface area contributed by atoms with Crippen LogP contribution < -0.4 is 5.32 Å². The normalized spacial score (nSPS) is 24.3. The van der Waals surface area contributed by atoms with E-state index in [0.717, 1.165) is 6.54 Å². The highest BCUT2D eigenvalue weighted by molar-refractivity contribution is 7.99. The number of nitrogens with one attached hydrogen (secondary N) is 1. The summed E-state index contributed by atoms with van der Waals surface area (Å²) in [4.78, 5) is 1.51. The van der Waals surface area contributed by atoms with Crippen LogP contribution in [0, 0.1) is 6.92 Å². The van der Waals surface area contributed by atoms with Crippen LogP contribution >= 0.6 is 23.1 Å². The third-order valence-corrected chi connectivity index (χ3v) is 4.26. The van der Waals surface area contributed by atoms with Crippen LogP contribution in [0.25, 0.3) is 0 Å². The van der Waals surface area contributed by atoms with Crippen molar-refractivity contribution in [3.8, 4) is 0 Å². The van der Waals surface area contributed by atoms with Gasteiger partial charge in [-0.2, -0.15) is 0 Å². The lowest BCUT2D eigenvalue weighted by molar-refractivity contribution is 0.758. The maximum Gasteiger partial charge on any atom is 0.0886 e. The van der Waals surface area contributed by atoms with Crippen LogP contribution in [0.3, 0.4) is 0 Å². The van der Waals surface area contributed by atoms with E-state index in [1.807, 2.05) is 23.1 Å². The van der Waals surface area contributed by atoms with E-state index in [2.05, 4.69) is 23.7 Å². The van der Waals surface area contributed by atoms with Crippen molar-refractivity contribution in [1.29, 1.82) is 0 Å². The monoisotopic (exact) mass is 185 g/mol. The van der Waals surface area contributed by atoms with Gasteiger partial charge in [-0.05, 0) is 23.9 Å². The summed E-state index contributed by atoms with van der Waals surface area (Å²) < 4.78 is 0. The van der Waals surface area contributed by atoms with Gasteiger partial charge in [-0.1, -0.05) is 0 Å². The molecule has 1 aromatic heterocycles. The molecular formula is C8H11NS2. The molecule has 1 aromatic rings. The SMILES string of the molecule is Cc1ccsc1[C@H]1NCCS1.